The highest BCUT2D eigenvalue weighted by Crippen LogP contribution is 1.93. The van der Waals surface area contributed by atoms with Gasteiger partial charge in [-0.3, -0.25) is 9.59 Å². The van der Waals surface area contributed by atoms with Gasteiger partial charge in [0.25, 0.3) is 0 Å². The van der Waals surface area contributed by atoms with E-state index in [1.807, 2.05) is 0 Å². The molecule has 0 fully saturated rings. The summed E-state index contributed by atoms with van der Waals surface area (Å²) < 4.78 is 0. The highest BCUT2D eigenvalue weighted by atomic mass is 16.6. The SMILES string of the molecule is O=C(O)CCCC(=O)O.O=C(O)O.O=C(O)O. The van der Waals surface area contributed by atoms with Crippen LogP contribution in [0.1, 0.15) is 19.3 Å². The second-order valence-electron chi connectivity index (χ2n) is 2.21. The maximum atomic E-state index is 9.79. The molecule has 0 amide bonds. The van der Waals surface area contributed by atoms with Gasteiger partial charge >= 0.3 is 24.2 Å². The average Bonchev–Trinajstić information content (AvgIpc) is 1.99. The van der Waals surface area contributed by atoms with Crippen molar-refractivity contribution in [3.63, 3.8) is 0 Å². The van der Waals surface area contributed by atoms with Gasteiger partial charge in [0.2, 0.25) is 0 Å². The van der Waals surface area contributed by atoms with Gasteiger partial charge in [-0.15, -0.1) is 0 Å². The molecule has 0 aliphatic carbocycles. The van der Waals surface area contributed by atoms with Crippen LogP contribution in [-0.2, 0) is 9.59 Å². The Kier molecular flexibility index (Phi) is 15.8. The first-order valence-electron chi connectivity index (χ1n) is 3.87. The molecule has 10 nitrogen and oxygen atoms in total. The molecule has 0 aromatic carbocycles. The van der Waals surface area contributed by atoms with Gasteiger partial charge in [0.1, 0.15) is 0 Å². The van der Waals surface area contributed by atoms with E-state index in [1.165, 1.54) is 0 Å². The maximum absolute atomic E-state index is 9.79. The van der Waals surface area contributed by atoms with Crippen LogP contribution in [0.4, 0.5) is 9.59 Å². The van der Waals surface area contributed by atoms with Gasteiger partial charge in [-0.1, -0.05) is 0 Å². The zero-order valence-corrected chi connectivity index (χ0v) is 8.44. The molecule has 0 aromatic rings. The van der Waals surface area contributed by atoms with Gasteiger partial charge in [-0.2, -0.15) is 0 Å². The highest BCUT2D eigenvalue weighted by Gasteiger charge is 1.99. The number of carbonyl (C=O) groups is 4. The van der Waals surface area contributed by atoms with E-state index in [9.17, 15) is 9.59 Å². The van der Waals surface area contributed by atoms with Gasteiger partial charge in [0.05, 0.1) is 0 Å². The van der Waals surface area contributed by atoms with Crippen LogP contribution < -0.4 is 0 Å². The lowest BCUT2D eigenvalue weighted by Gasteiger charge is -1.89. The summed E-state index contributed by atoms with van der Waals surface area (Å²) in [7, 11) is 0. The first-order valence-corrected chi connectivity index (χ1v) is 3.87. The van der Waals surface area contributed by atoms with Crippen molar-refractivity contribution in [2.75, 3.05) is 0 Å². The van der Waals surface area contributed by atoms with Gasteiger partial charge in [-0.05, 0) is 6.42 Å². The number of hydrogen-bond donors (Lipinski definition) is 6. The average molecular weight is 256 g/mol. The van der Waals surface area contributed by atoms with Crippen molar-refractivity contribution in [3.05, 3.63) is 0 Å². The maximum Gasteiger partial charge on any atom is 0.503 e. The Morgan fingerprint density at radius 3 is 0.882 bits per heavy atom. The van der Waals surface area contributed by atoms with Gasteiger partial charge in [0, 0.05) is 12.8 Å². The molecule has 10 heteroatoms. The normalized spacial score (nSPS) is 7.53. The van der Waals surface area contributed by atoms with Crippen molar-refractivity contribution < 1.29 is 49.8 Å². The van der Waals surface area contributed by atoms with E-state index in [-0.39, 0.29) is 19.3 Å². The smallest absolute Gasteiger partial charge is 0.481 e. The molecule has 0 heterocycles. The Morgan fingerprint density at radius 2 is 0.765 bits per heavy atom. The molecule has 0 aliphatic heterocycles. The monoisotopic (exact) mass is 256 g/mol. The Hall–Kier alpha value is -2.52. The lowest BCUT2D eigenvalue weighted by molar-refractivity contribution is -0.138. The van der Waals surface area contributed by atoms with Crippen LogP contribution in [0.3, 0.4) is 0 Å². The molecular weight excluding hydrogens is 244 g/mol. The van der Waals surface area contributed by atoms with E-state index >= 15 is 0 Å². The molecular formula is C7H12O10. The predicted octanol–water partition coefficient (Wildman–Crippen LogP) is 0.771. The summed E-state index contributed by atoms with van der Waals surface area (Å²) in [5.41, 5.74) is 0. The molecule has 0 rings (SSSR count). The van der Waals surface area contributed by atoms with Gasteiger partial charge < -0.3 is 30.6 Å². The van der Waals surface area contributed by atoms with E-state index in [2.05, 4.69) is 0 Å². The molecule has 0 saturated carbocycles. The summed E-state index contributed by atoms with van der Waals surface area (Å²) in [6, 6.07) is 0. The van der Waals surface area contributed by atoms with E-state index < -0.39 is 24.2 Å². The van der Waals surface area contributed by atoms with E-state index in [0.717, 1.165) is 0 Å². The minimum atomic E-state index is -1.83. The van der Waals surface area contributed by atoms with Crippen molar-refractivity contribution in [1.82, 2.24) is 0 Å². The minimum Gasteiger partial charge on any atom is -0.481 e. The molecule has 0 saturated heterocycles. The lowest BCUT2D eigenvalue weighted by atomic mass is 10.2. The zero-order chi connectivity index (χ0) is 14.4. The van der Waals surface area contributed by atoms with Crippen LogP contribution in [-0.4, -0.2) is 54.9 Å². The fraction of sp³-hybridized carbons (Fsp3) is 0.429. The number of rotatable bonds is 4. The van der Waals surface area contributed by atoms with E-state index in [1.54, 1.807) is 0 Å². The fourth-order valence-corrected chi connectivity index (χ4v) is 0.391. The summed E-state index contributed by atoms with van der Waals surface area (Å²) in [6.07, 6.45) is -3.58. The fourth-order valence-electron chi connectivity index (χ4n) is 0.391. The molecule has 0 atom stereocenters. The van der Waals surface area contributed by atoms with E-state index in [4.69, 9.17) is 40.2 Å². The molecule has 100 valence electrons. The minimum absolute atomic E-state index is 0.0632. The summed E-state index contributed by atoms with van der Waals surface area (Å²) in [5.74, 6) is -1.90. The second kappa shape index (κ2) is 13.5. The zero-order valence-electron chi connectivity index (χ0n) is 8.44. The van der Waals surface area contributed by atoms with Crippen LogP contribution in [0.2, 0.25) is 0 Å². The molecule has 0 aliphatic rings. The number of carboxylic acids is 2. The standard InChI is InChI=1S/C5H8O4.2CH2O3/c6-4(7)2-1-3-5(8)9;2*2-1(3)4/h1-3H2,(H,6,7)(H,8,9);2*(H2,2,3,4). The van der Waals surface area contributed by atoms with Gasteiger partial charge in [0.15, 0.2) is 0 Å². The van der Waals surface area contributed by atoms with Crippen molar-refractivity contribution >= 4 is 24.2 Å². The van der Waals surface area contributed by atoms with Crippen molar-refractivity contribution in [1.29, 1.82) is 0 Å². The lowest BCUT2D eigenvalue weighted by Crippen LogP contribution is -1.98. The van der Waals surface area contributed by atoms with Crippen LogP contribution in [0, 0.1) is 0 Å². The quantitative estimate of drug-likeness (QED) is 0.418. The van der Waals surface area contributed by atoms with Gasteiger partial charge in [-0.25, -0.2) is 9.59 Å². The first-order chi connectivity index (χ1) is 7.59. The molecule has 0 spiro atoms. The molecule has 0 bridgehead atoms. The summed E-state index contributed by atoms with van der Waals surface area (Å²) in [5, 5.41) is 44.0. The van der Waals surface area contributed by atoms with Crippen molar-refractivity contribution in [3.8, 4) is 0 Å². The third-order valence-corrected chi connectivity index (χ3v) is 0.781. The summed E-state index contributed by atoms with van der Waals surface area (Å²) in [4.78, 5) is 36.7. The topological polar surface area (TPSA) is 190 Å². The largest absolute Gasteiger partial charge is 0.503 e. The van der Waals surface area contributed by atoms with Crippen molar-refractivity contribution in [2.24, 2.45) is 0 Å². The molecule has 17 heavy (non-hydrogen) atoms. The Balaban J connectivity index is -0.000000205. The third-order valence-electron chi connectivity index (χ3n) is 0.781. The number of aliphatic carboxylic acids is 2. The summed E-state index contributed by atoms with van der Waals surface area (Å²) in [6.45, 7) is 0. The molecule has 0 unspecified atom stereocenters. The van der Waals surface area contributed by atoms with Crippen LogP contribution >= 0.6 is 0 Å². The van der Waals surface area contributed by atoms with Crippen LogP contribution in [0.15, 0.2) is 0 Å². The van der Waals surface area contributed by atoms with E-state index in [0.29, 0.717) is 0 Å². The van der Waals surface area contributed by atoms with Crippen LogP contribution in [0.5, 0.6) is 0 Å². The van der Waals surface area contributed by atoms with Crippen LogP contribution in [0.25, 0.3) is 0 Å². The first kappa shape index (κ1) is 20.0. The van der Waals surface area contributed by atoms with Crippen molar-refractivity contribution in [2.45, 2.75) is 19.3 Å². The molecule has 0 radical (unpaired) electrons. The Morgan fingerprint density at radius 1 is 0.588 bits per heavy atom. The number of hydrogen-bond acceptors (Lipinski definition) is 4. The second-order valence-corrected chi connectivity index (χ2v) is 2.21. The Labute approximate surface area is 94.4 Å². The molecule has 0 aromatic heterocycles. The predicted molar refractivity (Wildman–Crippen MR) is 50.4 cm³/mol. The molecule has 6 N–H and O–H groups in total. The Bertz CT molecular complexity index is 223. The highest BCUT2D eigenvalue weighted by molar-refractivity contribution is 5.69. The third kappa shape index (κ3) is 147. The number of carboxylic acid groups (broad SMARTS) is 6. The summed E-state index contributed by atoms with van der Waals surface area (Å²) >= 11 is 0.